The highest BCUT2D eigenvalue weighted by Gasteiger charge is 2.09. The predicted octanol–water partition coefficient (Wildman–Crippen LogP) is 4.08. The fourth-order valence-electron chi connectivity index (χ4n) is 1.80. The van der Waals surface area contributed by atoms with Gasteiger partial charge in [0.1, 0.15) is 16.2 Å². The quantitative estimate of drug-likeness (QED) is 0.411. The Labute approximate surface area is 119 Å². The summed E-state index contributed by atoms with van der Waals surface area (Å²) in [6, 6.07) is 12.5. The van der Waals surface area contributed by atoms with E-state index in [1.54, 1.807) is 29.4 Å². The minimum absolute atomic E-state index is 0.628. The lowest BCUT2D eigenvalue weighted by molar-refractivity contribution is 1.11. The Hall–Kier alpha value is -1.83. The van der Waals surface area contributed by atoms with Crippen molar-refractivity contribution in [3.8, 4) is 22.8 Å². The van der Waals surface area contributed by atoms with Gasteiger partial charge in [0.2, 0.25) is 0 Å². The third-order valence-corrected chi connectivity index (χ3v) is 4.65. The molecule has 2 nitrogen and oxygen atoms in total. The fraction of sp³-hybridized carbons (Fsp3) is 0.0667. The standard InChI is InChI=1S/C15H10N2S2/c1-2-8-18-14-12-9-13(11-6-4-3-5-7-11)19-15(12)17-10-16-14/h1,3-7,9-10H,8H2. The van der Waals surface area contributed by atoms with Gasteiger partial charge in [-0.05, 0) is 11.6 Å². The molecule has 1 aromatic carbocycles. The van der Waals surface area contributed by atoms with E-state index in [4.69, 9.17) is 6.42 Å². The van der Waals surface area contributed by atoms with Crippen LogP contribution in [0.4, 0.5) is 0 Å². The van der Waals surface area contributed by atoms with Crippen molar-refractivity contribution in [1.82, 2.24) is 9.97 Å². The van der Waals surface area contributed by atoms with Gasteiger partial charge < -0.3 is 0 Å². The first kappa shape index (κ1) is 12.2. The Balaban J connectivity index is 2.08. The molecule has 19 heavy (non-hydrogen) atoms. The Morgan fingerprint density at radius 1 is 1.21 bits per heavy atom. The molecule has 0 aliphatic heterocycles. The molecule has 0 amide bonds. The largest absolute Gasteiger partial charge is 0.229 e. The topological polar surface area (TPSA) is 25.8 Å². The molecule has 0 spiro atoms. The van der Waals surface area contributed by atoms with Gasteiger partial charge in [-0.15, -0.1) is 17.8 Å². The van der Waals surface area contributed by atoms with Crippen LogP contribution in [0.1, 0.15) is 0 Å². The van der Waals surface area contributed by atoms with E-state index in [1.165, 1.54) is 10.4 Å². The van der Waals surface area contributed by atoms with E-state index >= 15 is 0 Å². The zero-order chi connectivity index (χ0) is 13.1. The van der Waals surface area contributed by atoms with Crippen LogP contribution in [0.3, 0.4) is 0 Å². The number of nitrogens with zero attached hydrogens (tertiary/aromatic N) is 2. The summed E-state index contributed by atoms with van der Waals surface area (Å²) >= 11 is 3.26. The lowest BCUT2D eigenvalue weighted by Gasteiger charge is -1.96. The van der Waals surface area contributed by atoms with E-state index in [1.807, 2.05) is 18.2 Å². The smallest absolute Gasteiger partial charge is 0.128 e. The van der Waals surface area contributed by atoms with Gasteiger partial charge in [0, 0.05) is 10.3 Å². The molecule has 2 aromatic heterocycles. The van der Waals surface area contributed by atoms with Gasteiger partial charge in [0.25, 0.3) is 0 Å². The van der Waals surface area contributed by atoms with Crippen LogP contribution in [-0.4, -0.2) is 15.7 Å². The van der Waals surface area contributed by atoms with Gasteiger partial charge in [-0.2, -0.15) is 0 Å². The van der Waals surface area contributed by atoms with Gasteiger partial charge in [-0.3, -0.25) is 0 Å². The number of rotatable bonds is 3. The summed E-state index contributed by atoms with van der Waals surface area (Å²) < 4.78 is 0. The zero-order valence-corrected chi connectivity index (χ0v) is 11.7. The minimum Gasteiger partial charge on any atom is -0.229 e. The molecule has 0 unspecified atom stereocenters. The number of thiophene rings is 1. The molecule has 0 atom stereocenters. The van der Waals surface area contributed by atoms with Crippen LogP contribution in [0, 0.1) is 12.3 Å². The molecule has 0 aliphatic carbocycles. The maximum Gasteiger partial charge on any atom is 0.128 e. The molecule has 0 aliphatic rings. The Morgan fingerprint density at radius 2 is 2.05 bits per heavy atom. The molecule has 0 saturated heterocycles. The number of terminal acetylenes is 1. The van der Waals surface area contributed by atoms with Crippen LogP contribution in [-0.2, 0) is 0 Å². The molecule has 3 aromatic rings. The van der Waals surface area contributed by atoms with Crippen molar-refractivity contribution in [3.05, 3.63) is 42.7 Å². The molecule has 2 heterocycles. The molecular formula is C15H10N2S2. The van der Waals surface area contributed by atoms with Crippen molar-refractivity contribution in [2.45, 2.75) is 5.03 Å². The first-order valence-electron chi connectivity index (χ1n) is 5.74. The highest BCUT2D eigenvalue weighted by atomic mass is 32.2. The van der Waals surface area contributed by atoms with E-state index in [9.17, 15) is 0 Å². The molecule has 0 fully saturated rings. The van der Waals surface area contributed by atoms with Crippen LogP contribution >= 0.6 is 23.1 Å². The number of aromatic nitrogens is 2. The van der Waals surface area contributed by atoms with Gasteiger partial charge >= 0.3 is 0 Å². The molecule has 4 heteroatoms. The second-order valence-electron chi connectivity index (χ2n) is 3.87. The van der Waals surface area contributed by atoms with Crippen LogP contribution in [0.5, 0.6) is 0 Å². The summed E-state index contributed by atoms with van der Waals surface area (Å²) in [6.45, 7) is 0. The Kier molecular flexibility index (Phi) is 3.49. The van der Waals surface area contributed by atoms with Crippen molar-refractivity contribution >= 4 is 33.3 Å². The second kappa shape index (κ2) is 5.43. The van der Waals surface area contributed by atoms with E-state index < -0.39 is 0 Å². The van der Waals surface area contributed by atoms with Gasteiger partial charge in [0.05, 0.1) is 5.75 Å². The van der Waals surface area contributed by atoms with E-state index in [0.29, 0.717) is 5.75 Å². The zero-order valence-electron chi connectivity index (χ0n) is 10.0. The van der Waals surface area contributed by atoms with E-state index in [-0.39, 0.29) is 0 Å². The molecule has 0 bridgehead atoms. The first-order valence-corrected chi connectivity index (χ1v) is 7.55. The summed E-state index contributed by atoms with van der Waals surface area (Å²) in [4.78, 5) is 10.9. The lowest BCUT2D eigenvalue weighted by atomic mass is 10.2. The summed E-state index contributed by atoms with van der Waals surface area (Å²) in [6.07, 6.45) is 6.91. The molecule has 0 N–H and O–H groups in total. The maximum absolute atomic E-state index is 5.31. The summed E-state index contributed by atoms with van der Waals surface area (Å²) in [7, 11) is 0. The number of hydrogen-bond acceptors (Lipinski definition) is 4. The highest BCUT2D eigenvalue weighted by molar-refractivity contribution is 7.99. The Bertz CT molecular complexity index is 742. The monoisotopic (exact) mass is 282 g/mol. The van der Waals surface area contributed by atoms with Crippen molar-refractivity contribution in [2.75, 3.05) is 5.75 Å². The second-order valence-corrected chi connectivity index (χ2v) is 5.86. The summed E-state index contributed by atoms with van der Waals surface area (Å²) in [5.41, 5.74) is 1.21. The lowest BCUT2D eigenvalue weighted by Crippen LogP contribution is -1.83. The number of hydrogen-bond donors (Lipinski definition) is 0. The van der Waals surface area contributed by atoms with E-state index in [0.717, 1.165) is 15.2 Å². The van der Waals surface area contributed by atoms with Crippen LogP contribution in [0.25, 0.3) is 20.7 Å². The van der Waals surface area contributed by atoms with E-state index in [2.05, 4.69) is 34.1 Å². The van der Waals surface area contributed by atoms with Crippen molar-refractivity contribution < 1.29 is 0 Å². The van der Waals surface area contributed by atoms with Gasteiger partial charge in [0.15, 0.2) is 0 Å². The predicted molar refractivity (Wildman–Crippen MR) is 82.4 cm³/mol. The average Bonchev–Trinajstić information content (AvgIpc) is 2.90. The third kappa shape index (κ3) is 2.48. The highest BCUT2D eigenvalue weighted by Crippen LogP contribution is 2.35. The van der Waals surface area contributed by atoms with Crippen LogP contribution in [0.15, 0.2) is 47.8 Å². The number of benzene rings is 1. The summed E-state index contributed by atoms with van der Waals surface area (Å²) in [5.74, 6) is 3.25. The summed E-state index contributed by atoms with van der Waals surface area (Å²) in [5, 5.41) is 2.05. The normalized spacial score (nSPS) is 10.5. The number of thioether (sulfide) groups is 1. The van der Waals surface area contributed by atoms with Crippen molar-refractivity contribution in [3.63, 3.8) is 0 Å². The third-order valence-electron chi connectivity index (χ3n) is 2.64. The van der Waals surface area contributed by atoms with Crippen LogP contribution in [0.2, 0.25) is 0 Å². The molecule has 92 valence electrons. The Morgan fingerprint density at radius 3 is 2.84 bits per heavy atom. The maximum atomic E-state index is 5.31. The fourth-order valence-corrected chi connectivity index (χ4v) is 3.53. The first-order chi connectivity index (χ1) is 9.38. The number of fused-ring (bicyclic) bond motifs is 1. The van der Waals surface area contributed by atoms with Gasteiger partial charge in [-0.25, -0.2) is 9.97 Å². The molecule has 3 rings (SSSR count). The minimum atomic E-state index is 0.628. The molecule has 0 saturated carbocycles. The SMILES string of the molecule is C#CCSc1ncnc2sc(-c3ccccc3)cc12. The van der Waals surface area contributed by atoms with Crippen molar-refractivity contribution in [1.29, 1.82) is 0 Å². The molecule has 0 radical (unpaired) electrons. The molecular weight excluding hydrogens is 272 g/mol. The average molecular weight is 282 g/mol. The van der Waals surface area contributed by atoms with Gasteiger partial charge in [-0.1, -0.05) is 48.0 Å². The van der Waals surface area contributed by atoms with Crippen LogP contribution < -0.4 is 0 Å². The van der Waals surface area contributed by atoms with Crippen molar-refractivity contribution in [2.24, 2.45) is 0 Å².